The molecule has 3 rings (SSSR count). The van der Waals surface area contributed by atoms with E-state index in [1.54, 1.807) is 23.5 Å². The van der Waals surface area contributed by atoms with Crippen LogP contribution in [0.1, 0.15) is 22.9 Å². The fraction of sp³-hybridized carbons (Fsp3) is 0.167. The second-order valence-electron chi connectivity index (χ2n) is 5.27. The van der Waals surface area contributed by atoms with Gasteiger partial charge < -0.3 is 9.88 Å². The summed E-state index contributed by atoms with van der Waals surface area (Å²) in [6.07, 6.45) is 4.31. The summed E-state index contributed by atoms with van der Waals surface area (Å²) in [5.74, 6) is -0.299. The highest BCUT2D eigenvalue weighted by atomic mass is 32.1. The normalized spacial score (nSPS) is 12.0. The fourth-order valence-electron chi connectivity index (χ4n) is 2.44. The molecular weight excluding hydrogens is 311 g/mol. The lowest BCUT2D eigenvalue weighted by Gasteiger charge is -2.17. The number of rotatable bonds is 6. The minimum absolute atomic E-state index is 0.00165. The third-order valence-corrected chi connectivity index (χ3v) is 4.61. The highest BCUT2D eigenvalue weighted by Crippen LogP contribution is 2.26. The number of aromatic nitrogens is 1. The van der Waals surface area contributed by atoms with E-state index in [1.807, 2.05) is 46.6 Å². The van der Waals surface area contributed by atoms with E-state index in [4.69, 9.17) is 0 Å². The van der Waals surface area contributed by atoms with Gasteiger partial charge in [-0.15, -0.1) is 11.3 Å². The van der Waals surface area contributed by atoms with Crippen LogP contribution in [0.25, 0.3) is 0 Å². The van der Waals surface area contributed by atoms with Crippen LogP contribution in [0, 0.1) is 5.82 Å². The largest absolute Gasteiger partial charge is 0.352 e. The molecule has 1 N–H and O–H groups in total. The standard InChI is InChI=1S/C18H17FN2OS/c19-15-7-5-14(6-8-15)13-20-18(22)12-16(17-4-3-11-23-17)21-9-1-2-10-21/h1-11,16H,12-13H2,(H,20,22)/t16-/m1/s1. The number of carbonyl (C=O) groups excluding carboxylic acids is 1. The van der Waals surface area contributed by atoms with Crippen molar-refractivity contribution in [3.63, 3.8) is 0 Å². The molecule has 0 aliphatic carbocycles. The maximum Gasteiger partial charge on any atom is 0.222 e. The molecule has 118 valence electrons. The van der Waals surface area contributed by atoms with Crippen LogP contribution in [0.2, 0.25) is 0 Å². The minimum atomic E-state index is -0.273. The van der Waals surface area contributed by atoms with Gasteiger partial charge >= 0.3 is 0 Å². The predicted molar refractivity (Wildman–Crippen MR) is 89.8 cm³/mol. The van der Waals surface area contributed by atoms with Gasteiger partial charge in [0.1, 0.15) is 5.82 Å². The molecule has 0 saturated heterocycles. The van der Waals surface area contributed by atoms with Crippen LogP contribution in [0.15, 0.2) is 66.3 Å². The summed E-state index contributed by atoms with van der Waals surface area (Å²) >= 11 is 1.64. The van der Waals surface area contributed by atoms with Crippen molar-refractivity contribution in [2.45, 2.75) is 19.0 Å². The van der Waals surface area contributed by atoms with Crippen molar-refractivity contribution in [1.82, 2.24) is 9.88 Å². The number of nitrogens with one attached hydrogen (secondary N) is 1. The van der Waals surface area contributed by atoms with E-state index >= 15 is 0 Å². The number of halogens is 1. The highest BCUT2D eigenvalue weighted by Gasteiger charge is 2.18. The molecule has 23 heavy (non-hydrogen) atoms. The van der Waals surface area contributed by atoms with Gasteiger partial charge in [0, 0.05) is 23.8 Å². The van der Waals surface area contributed by atoms with Crippen molar-refractivity contribution >= 4 is 17.2 Å². The second-order valence-corrected chi connectivity index (χ2v) is 6.25. The Bertz CT molecular complexity index is 702. The zero-order valence-corrected chi connectivity index (χ0v) is 13.3. The van der Waals surface area contributed by atoms with Gasteiger partial charge in [-0.25, -0.2) is 4.39 Å². The lowest BCUT2D eigenvalue weighted by Crippen LogP contribution is -2.26. The molecule has 0 aliphatic heterocycles. The first-order valence-corrected chi connectivity index (χ1v) is 8.27. The molecule has 1 amide bonds. The van der Waals surface area contributed by atoms with E-state index in [0.717, 1.165) is 10.4 Å². The quantitative estimate of drug-likeness (QED) is 0.729. The Morgan fingerprint density at radius 2 is 1.87 bits per heavy atom. The first-order chi connectivity index (χ1) is 11.2. The lowest BCUT2D eigenvalue weighted by atomic mass is 10.1. The van der Waals surface area contributed by atoms with Gasteiger partial charge in [0.05, 0.1) is 12.5 Å². The Morgan fingerprint density at radius 1 is 1.13 bits per heavy atom. The molecule has 0 fully saturated rings. The Balaban J connectivity index is 1.63. The average molecular weight is 328 g/mol. The van der Waals surface area contributed by atoms with Crippen molar-refractivity contribution in [3.05, 3.63) is 82.6 Å². The summed E-state index contributed by atoms with van der Waals surface area (Å²) in [6, 6.07) is 14.1. The third kappa shape index (κ3) is 4.07. The van der Waals surface area contributed by atoms with Crippen LogP contribution in [0.3, 0.4) is 0 Å². The zero-order chi connectivity index (χ0) is 16.1. The van der Waals surface area contributed by atoms with Gasteiger partial charge in [-0.1, -0.05) is 18.2 Å². The molecule has 3 nitrogen and oxygen atoms in total. The molecule has 1 aromatic carbocycles. The Hall–Kier alpha value is -2.40. The van der Waals surface area contributed by atoms with Crippen LogP contribution < -0.4 is 5.32 Å². The van der Waals surface area contributed by atoms with Crippen molar-refractivity contribution in [2.24, 2.45) is 0 Å². The van der Waals surface area contributed by atoms with E-state index in [-0.39, 0.29) is 17.8 Å². The minimum Gasteiger partial charge on any atom is -0.352 e. The molecule has 1 atom stereocenters. The summed E-state index contributed by atoms with van der Waals surface area (Å²) in [7, 11) is 0. The number of amides is 1. The van der Waals surface area contributed by atoms with Crippen molar-refractivity contribution < 1.29 is 9.18 Å². The Morgan fingerprint density at radius 3 is 2.52 bits per heavy atom. The highest BCUT2D eigenvalue weighted by molar-refractivity contribution is 7.10. The summed E-state index contributed by atoms with van der Waals surface area (Å²) in [4.78, 5) is 13.4. The van der Waals surface area contributed by atoms with Gasteiger partial charge in [0.25, 0.3) is 0 Å². The molecule has 0 radical (unpaired) electrons. The first-order valence-electron chi connectivity index (χ1n) is 7.39. The van der Waals surface area contributed by atoms with Crippen molar-refractivity contribution in [3.8, 4) is 0 Å². The predicted octanol–water partition coefficient (Wildman–Crippen LogP) is 3.98. The van der Waals surface area contributed by atoms with E-state index in [9.17, 15) is 9.18 Å². The van der Waals surface area contributed by atoms with E-state index in [0.29, 0.717) is 13.0 Å². The first kappa shape index (κ1) is 15.5. The van der Waals surface area contributed by atoms with Crippen LogP contribution in [-0.4, -0.2) is 10.5 Å². The summed E-state index contributed by atoms with van der Waals surface area (Å²) in [5.41, 5.74) is 0.883. The maximum absolute atomic E-state index is 12.9. The van der Waals surface area contributed by atoms with Crippen LogP contribution in [0.5, 0.6) is 0 Å². The number of hydrogen-bond donors (Lipinski definition) is 1. The van der Waals surface area contributed by atoms with Crippen molar-refractivity contribution in [2.75, 3.05) is 0 Å². The molecular formula is C18H17FN2OS. The number of nitrogens with zero attached hydrogens (tertiary/aromatic N) is 1. The molecule has 0 saturated carbocycles. The zero-order valence-electron chi connectivity index (χ0n) is 12.5. The monoisotopic (exact) mass is 328 g/mol. The van der Waals surface area contributed by atoms with Crippen molar-refractivity contribution in [1.29, 1.82) is 0 Å². The van der Waals surface area contributed by atoms with Gasteiger partial charge in [0.15, 0.2) is 0 Å². The van der Waals surface area contributed by atoms with E-state index < -0.39 is 0 Å². The molecule has 0 unspecified atom stereocenters. The summed E-state index contributed by atoms with van der Waals surface area (Å²) in [6.45, 7) is 0.405. The molecule has 0 bridgehead atoms. The van der Waals surface area contributed by atoms with Crippen LogP contribution in [0.4, 0.5) is 4.39 Å². The van der Waals surface area contributed by atoms with E-state index in [2.05, 4.69) is 5.32 Å². The summed E-state index contributed by atoms with van der Waals surface area (Å²) < 4.78 is 14.9. The van der Waals surface area contributed by atoms with Crippen LogP contribution >= 0.6 is 11.3 Å². The van der Waals surface area contributed by atoms with E-state index in [1.165, 1.54) is 12.1 Å². The smallest absolute Gasteiger partial charge is 0.222 e. The number of hydrogen-bond acceptors (Lipinski definition) is 2. The van der Waals surface area contributed by atoms with Crippen LogP contribution in [-0.2, 0) is 11.3 Å². The van der Waals surface area contributed by atoms with Gasteiger partial charge in [0.2, 0.25) is 5.91 Å². The molecule has 2 aromatic heterocycles. The molecule has 5 heteroatoms. The van der Waals surface area contributed by atoms with Gasteiger partial charge in [-0.05, 0) is 41.3 Å². The van der Waals surface area contributed by atoms with Gasteiger partial charge in [-0.3, -0.25) is 4.79 Å². The third-order valence-electron chi connectivity index (χ3n) is 3.64. The SMILES string of the molecule is O=C(C[C@H](c1cccs1)n1cccc1)NCc1ccc(F)cc1. The average Bonchev–Trinajstić information content (AvgIpc) is 3.25. The molecule has 2 heterocycles. The second kappa shape index (κ2) is 7.24. The molecule has 0 spiro atoms. The Labute approximate surface area is 138 Å². The molecule has 0 aliphatic rings. The number of carbonyl (C=O) groups is 1. The Kier molecular flexibility index (Phi) is 4.88. The summed E-state index contributed by atoms with van der Waals surface area (Å²) in [5, 5.41) is 4.92. The maximum atomic E-state index is 12.9. The lowest BCUT2D eigenvalue weighted by molar-refractivity contribution is -0.121. The number of benzene rings is 1. The molecule has 3 aromatic rings. The topological polar surface area (TPSA) is 34.0 Å². The van der Waals surface area contributed by atoms with Gasteiger partial charge in [-0.2, -0.15) is 0 Å². The fourth-order valence-corrected chi connectivity index (χ4v) is 3.27. The number of thiophene rings is 1.